The summed E-state index contributed by atoms with van der Waals surface area (Å²) in [5.41, 5.74) is 2.30. The van der Waals surface area contributed by atoms with E-state index in [1.54, 1.807) is 4.90 Å². The summed E-state index contributed by atoms with van der Waals surface area (Å²) in [5.74, 6) is 0. The second kappa shape index (κ2) is 6.75. The predicted octanol–water partition coefficient (Wildman–Crippen LogP) is 2.48. The molecule has 4 nitrogen and oxygen atoms in total. The van der Waals surface area contributed by atoms with Gasteiger partial charge >= 0.3 is 6.03 Å². The van der Waals surface area contributed by atoms with E-state index in [1.165, 1.54) is 5.56 Å². The van der Waals surface area contributed by atoms with Crippen LogP contribution in [0, 0.1) is 0 Å². The minimum atomic E-state index is -0.227. The minimum absolute atomic E-state index is 0.0344. The number of fused-ring (bicyclic) bond motifs is 1. The minimum Gasteiger partial charge on any atom is -0.394 e. The molecule has 2 rings (SSSR count). The molecular formula is C16H24N2O2. The molecule has 0 aliphatic carbocycles. The standard InChI is InChI=1S/C16H24N2O2/c1-3-13(4-2)17-16(20)18-10-9-12-7-5-6-8-14(12)15(18)11-19/h5-8,13,15,19H,3-4,9-11H2,1-2H3,(H,17,20). The van der Waals surface area contributed by atoms with Crippen LogP contribution in [0.15, 0.2) is 24.3 Å². The molecule has 1 heterocycles. The highest BCUT2D eigenvalue weighted by Crippen LogP contribution is 2.29. The van der Waals surface area contributed by atoms with E-state index in [0.29, 0.717) is 6.54 Å². The van der Waals surface area contributed by atoms with Crippen molar-refractivity contribution in [1.82, 2.24) is 10.2 Å². The molecule has 1 aliphatic heterocycles. The van der Waals surface area contributed by atoms with Crippen LogP contribution in [-0.2, 0) is 6.42 Å². The Labute approximate surface area is 120 Å². The van der Waals surface area contributed by atoms with E-state index in [4.69, 9.17) is 0 Å². The van der Waals surface area contributed by atoms with Crippen molar-refractivity contribution in [2.24, 2.45) is 0 Å². The maximum Gasteiger partial charge on any atom is 0.318 e. The first-order valence-electron chi connectivity index (χ1n) is 7.47. The fraction of sp³-hybridized carbons (Fsp3) is 0.562. The Hall–Kier alpha value is -1.55. The predicted molar refractivity (Wildman–Crippen MR) is 79.6 cm³/mol. The number of rotatable bonds is 4. The number of hydrogen-bond acceptors (Lipinski definition) is 2. The number of carbonyl (C=O) groups is 1. The van der Waals surface area contributed by atoms with Crippen molar-refractivity contribution >= 4 is 6.03 Å². The SMILES string of the molecule is CCC(CC)NC(=O)N1CCc2ccccc2C1CO. The smallest absolute Gasteiger partial charge is 0.318 e. The normalized spacial score (nSPS) is 18.0. The van der Waals surface area contributed by atoms with Crippen LogP contribution < -0.4 is 5.32 Å². The third-order valence-corrected chi connectivity index (χ3v) is 4.16. The molecule has 0 aromatic heterocycles. The van der Waals surface area contributed by atoms with Crippen molar-refractivity contribution in [3.8, 4) is 0 Å². The van der Waals surface area contributed by atoms with E-state index in [1.807, 2.05) is 18.2 Å². The number of aliphatic hydroxyl groups is 1. The summed E-state index contributed by atoms with van der Waals surface area (Å²) in [6.45, 7) is 4.77. The van der Waals surface area contributed by atoms with Crippen LogP contribution in [0.1, 0.15) is 43.9 Å². The molecule has 0 saturated carbocycles. The molecule has 1 unspecified atom stereocenters. The van der Waals surface area contributed by atoms with Crippen molar-refractivity contribution in [1.29, 1.82) is 0 Å². The first-order chi connectivity index (χ1) is 9.71. The Morgan fingerprint density at radius 1 is 1.40 bits per heavy atom. The molecule has 1 atom stereocenters. The van der Waals surface area contributed by atoms with E-state index < -0.39 is 0 Å². The largest absolute Gasteiger partial charge is 0.394 e. The summed E-state index contributed by atoms with van der Waals surface area (Å²) in [5, 5.41) is 12.7. The van der Waals surface area contributed by atoms with Crippen LogP contribution in [0.2, 0.25) is 0 Å². The molecule has 2 N–H and O–H groups in total. The van der Waals surface area contributed by atoms with E-state index >= 15 is 0 Å². The van der Waals surface area contributed by atoms with Gasteiger partial charge in [0.25, 0.3) is 0 Å². The third kappa shape index (κ3) is 2.96. The maximum atomic E-state index is 12.4. The second-order valence-corrected chi connectivity index (χ2v) is 5.30. The van der Waals surface area contributed by atoms with Gasteiger partial charge < -0.3 is 15.3 Å². The lowest BCUT2D eigenvalue weighted by Crippen LogP contribution is -2.49. The van der Waals surface area contributed by atoms with Gasteiger partial charge in [-0.05, 0) is 30.4 Å². The number of nitrogens with one attached hydrogen (secondary N) is 1. The van der Waals surface area contributed by atoms with Gasteiger partial charge in [-0.2, -0.15) is 0 Å². The Kier molecular flexibility index (Phi) is 5.01. The molecular weight excluding hydrogens is 252 g/mol. The van der Waals surface area contributed by atoms with E-state index in [0.717, 1.165) is 24.8 Å². The molecule has 20 heavy (non-hydrogen) atoms. The fourth-order valence-corrected chi connectivity index (χ4v) is 2.84. The second-order valence-electron chi connectivity index (χ2n) is 5.30. The Bertz CT molecular complexity index is 458. The summed E-state index contributed by atoms with van der Waals surface area (Å²) in [6.07, 6.45) is 2.70. The van der Waals surface area contributed by atoms with Crippen molar-refractivity contribution in [2.45, 2.75) is 45.2 Å². The lowest BCUT2D eigenvalue weighted by molar-refractivity contribution is 0.124. The number of nitrogens with zero attached hydrogens (tertiary/aromatic N) is 1. The van der Waals surface area contributed by atoms with Gasteiger partial charge in [0, 0.05) is 12.6 Å². The monoisotopic (exact) mass is 276 g/mol. The fourth-order valence-electron chi connectivity index (χ4n) is 2.84. The van der Waals surface area contributed by atoms with Gasteiger partial charge in [-0.25, -0.2) is 4.79 Å². The maximum absolute atomic E-state index is 12.4. The third-order valence-electron chi connectivity index (χ3n) is 4.16. The first-order valence-corrected chi connectivity index (χ1v) is 7.47. The van der Waals surface area contributed by atoms with Gasteiger partial charge in [0.1, 0.15) is 0 Å². The average molecular weight is 276 g/mol. The van der Waals surface area contributed by atoms with Gasteiger partial charge in [0.2, 0.25) is 0 Å². The van der Waals surface area contributed by atoms with Crippen molar-refractivity contribution < 1.29 is 9.90 Å². The molecule has 0 saturated heterocycles. The Morgan fingerprint density at radius 3 is 2.75 bits per heavy atom. The van der Waals surface area contributed by atoms with Gasteiger partial charge in [-0.15, -0.1) is 0 Å². The highest BCUT2D eigenvalue weighted by Gasteiger charge is 2.30. The Balaban J connectivity index is 2.15. The van der Waals surface area contributed by atoms with Gasteiger partial charge in [0.05, 0.1) is 12.6 Å². The summed E-state index contributed by atoms with van der Waals surface area (Å²) in [7, 11) is 0. The lowest BCUT2D eigenvalue weighted by atomic mass is 9.93. The van der Waals surface area contributed by atoms with Gasteiger partial charge in [0.15, 0.2) is 0 Å². The van der Waals surface area contributed by atoms with E-state index in [2.05, 4.69) is 25.2 Å². The summed E-state index contributed by atoms with van der Waals surface area (Å²) in [4.78, 5) is 14.2. The van der Waals surface area contributed by atoms with Crippen LogP contribution in [0.5, 0.6) is 0 Å². The zero-order valence-electron chi connectivity index (χ0n) is 12.3. The van der Waals surface area contributed by atoms with E-state index in [9.17, 15) is 9.90 Å². The van der Waals surface area contributed by atoms with Crippen molar-refractivity contribution in [3.05, 3.63) is 35.4 Å². The van der Waals surface area contributed by atoms with Crippen LogP contribution in [-0.4, -0.2) is 35.2 Å². The van der Waals surface area contributed by atoms with Crippen LogP contribution in [0.25, 0.3) is 0 Å². The zero-order valence-corrected chi connectivity index (χ0v) is 12.3. The first kappa shape index (κ1) is 14.9. The molecule has 1 aromatic rings. The average Bonchev–Trinajstić information content (AvgIpc) is 2.51. The summed E-state index contributed by atoms with van der Waals surface area (Å²) >= 11 is 0. The highest BCUT2D eigenvalue weighted by molar-refractivity contribution is 5.75. The van der Waals surface area contributed by atoms with Crippen LogP contribution in [0.4, 0.5) is 4.79 Å². The molecule has 0 spiro atoms. The van der Waals surface area contributed by atoms with Crippen molar-refractivity contribution in [3.63, 3.8) is 0 Å². The number of hydrogen-bond donors (Lipinski definition) is 2. The van der Waals surface area contributed by atoms with Crippen molar-refractivity contribution in [2.75, 3.05) is 13.2 Å². The van der Waals surface area contributed by atoms with Gasteiger partial charge in [-0.3, -0.25) is 0 Å². The summed E-state index contributed by atoms with van der Waals surface area (Å²) < 4.78 is 0. The highest BCUT2D eigenvalue weighted by atomic mass is 16.3. The number of benzene rings is 1. The lowest BCUT2D eigenvalue weighted by Gasteiger charge is -2.37. The van der Waals surface area contributed by atoms with Crippen LogP contribution >= 0.6 is 0 Å². The quantitative estimate of drug-likeness (QED) is 0.887. The molecule has 1 aromatic carbocycles. The van der Waals surface area contributed by atoms with Crippen LogP contribution in [0.3, 0.4) is 0 Å². The number of amides is 2. The molecule has 0 radical (unpaired) electrons. The molecule has 0 fully saturated rings. The molecule has 1 aliphatic rings. The molecule has 2 amide bonds. The number of carbonyl (C=O) groups excluding carboxylic acids is 1. The van der Waals surface area contributed by atoms with Gasteiger partial charge in [-0.1, -0.05) is 38.1 Å². The number of aliphatic hydroxyl groups excluding tert-OH is 1. The summed E-state index contributed by atoms with van der Waals surface area (Å²) in [6, 6.07) is 7.97. The molecule has 0 bridgehead atoms. The topological polar surface area (TPSA) is 52.6 Å². The number of urea groups is 1. The molecule has 110 valence electrons. The zero-order chi connectivity index (χ0) is 14.5. The van der Waals surface area contributed by atoms with E-state index in [-0.39, 0.29) is 24.7 Å². The Morgan fingerprint density at radius 2 is 2.10 bits per heavy atom. The molecule has 4 heteroatoms.